The molecule has 248 valence electrons. The molecule has 0 aliphatic carbocycles. The number of halogens is 6. The normalized spacial score (nSPS) is 16.7. The Bertz CT molecular complexity index is 1410. The third-order valence-corrected chi connectivity index (χ3v) is 9.42. The van der Waals surface area contributed by atoms with E-state index in [0.717, 1.165) is 60.3 Å². The van der Waals surface area contributed by atoms with Crippen molar-refractivity contribution < 1.29 is 44.3 Å². The molecule has 0 bridgehead atoms. The van der Waals surface area contributed by atoms with Crippen LogP contribution in [0.1, 0.15) is 67.7 Å². The van der Waals surface area contributed by atoms with Crippen LogP contribution in [0.15, 0.2) is 54.6 Å². The number of rotatable bonds is 13. The van der Waals surface area contributed by atoms with E-state index in [9.17, 15) is 44.3 Å². The highest BCUT2D eigenvalue weighted by atomic mass is 32.2. The van der Waals surface area contributed by atoms with Gasteiger partial charge in [0.05, 0.1) is 16.9 Å². The lowest BCUT2D eigenvalue weighted by molar-refractivity contribution is -0.138. The lowest BCUT2D eigenvalue weighted by Gasteiger charge is -2.39. The monoisotopic (exact) mass is 661 g/mol. The number of hydrogen-bond donors (Lipinski definition) is 1. The molecule has 1 heterocycles. The van der Waals surface area contributed by atoms with Crippen molar-refractivity contribution in [1.82, 2.24) is 14.5 Å². The molecule has 1 atom stereocenters. The first-order chi connectivity index (χ1) is 21.1. The number of unbranched alkanes of at least 4 members (excludes halogenated alkanes) is 5. The number of piperazine rings is 1. The van der Waals surface area contributed by atoms with Crippen LogP contribution in [0.3, 0.4) is 0 Å². The summed E-state index contributed by atoms with van der Waals surface area (Å²) < 4.78 is 105. The zero-order valence-electron chi connectivity index (χ0n) is 24.8. The molecular weight excluding hydrogens is 624 g/mol. The maximum Gasteiger partial charge on any atom is 0.416 e. The first kappa shape index (κ1) is 36.1. The van der Waals surface area contributed by atoms with Crippen LogP contribution in [0, 0.1) is 0 Å². The fraction of sp³-hybridized carbons (Fsp3) is 0.484. The molecule has 1 aliphatic heterocycles. The average molecular weight is 662 g/mol. The van der Waals surface area contributed by atoms with Crippen LogP contribution >= 0.6 is 0 Å². The van der Waals surface area contributed by atoms with E-state index in [-0.39, 0.29) is 31.9 Å². The Morgan fingerprint density at radius 2 is 1.40 bits per heavy atom. The van der Waals surface area contributed by atoms with Gasteiger partial charge < -0.3 is 10.2 Å². The molecule has 2 aromatic rings. The van der Waals surface area contributed by atoms with Crippen molar-refractivity contribution in [3.8, 4) is 0 Å². The lowest BCUT2D eigenvalue weighted by atomic mass is 10.1. The maximum atomic E-state index is 13.3. The van der Waals surface area contributed by atoms with Gasteiger partial charge in [-0.05, 0) is 47.9 Å². The lowest BCUT2D eigenvalue weighted by Crippen LogP contribution is -2.61. The quantitative estimate of drug-likeness (QED) is 0.156. The van der Waals surface area contributed by atoms with E-state index in [1.54, 1.807) is 0 Å². The van der Waals surface area contributed by atoms with Gasteiger partial charge in [0.15, 0.2) is 0 Å². The molecule has 0 aromatic heterocycles. The van der Waals surface area contributed by atoms with Gasteiger partial charge in [0.2, 0.25) is 21.8 Å². The Morgan fingerprint density at radius 3 is 1.98 bits per heavy atom. The molecular formula is C31H37F6N3O4S. The molecule has 45 heavy (non-hydrogen) atoms. The number of nitrogens with zero attached hydrogens (tertiary/aromatic N) is 2. The van der Waals surface area contributed by atoms with Crippen molar-refractivity contribution in [3.05, 3.63) is 76.9 Å². The Hall–Kier alpha value is -3.39. The summed E-state index contributed by atoms with van der Waals surface area (Å²) in [7, 11) is -3.90. The van der Waals surface area contributed by atoms with Crippen molar-refractivity contribution in [1.29, 1.82) is 0 Å². The fourth-order valence-corrected chi connectivity index (χ4v) is 6.58. The third kappa shape index (κ3) is 10.9. The highest BCUT2D eigenvalue weighted by molar-refractivity contribution is 7.89. The molecule has 1 N–H and O–H groups in total. The number of sulfonamides is 1. The van der Waals surface area contributed by atoms with E-state index >= 15 is 0 Å². The van der Waals surface area contributed by atoms with Gasteiger partial charge in [0.25, 0.3) is 0 Å². The second kappa shape index (κ2) is 15.7. The molecule has 1 fully saturated rings. The Labute approximate surface area is 259 Å². The maximum absolute atomic E-state index is 13.3. The van der Waals surface area contributed by atoms with Gasteiger partial charge in [-0.2, -0.15) is 30.6 Å². The largest absolute Gasteiger partial charge is 0.416 e. The molecule has 3 rings (SSSR count). The second-order valence-corrected chi connectivity index (χ2v) is 12.9. The highest BCUT2D eigenvalue weighted by Crippen LogP contribution is 2.30. The van der Waals surface area contributed by atoms with Gasteiger partial charge in [-0.3, -0.25) is 9.59 Å². The van der Waals surface area contributed by atoms with Crippen molar-refractivity contribution in [2.24, 2.45) is 0 Å². The molecule has 7 nitrogen and oxygen atoms in total. The first-order valence-corrected chi connectivity index (χ1v) is 16.3. The summed E-state index contributed by atoms with van der Waals surface area (Å²) >= 11 is 0. The predicted octanol–water partition coefficient (Wildman–Crippen LogP) is 6.26. The Kier molecular flexibility index (Phi) is 12.6. The molecule has 1 saturated heterocycles. The van der Waals surface area contributed by atoms with E-state index in [4.69, 9.17) is 0 Å². The van der Waals surface area contributed by atoms with Crippen molar-refractivity contribution >= 4 is 27.9 Å². The summed E-state index contributed by atoms with van der Waals surface area (Å²) in [5.74, 6) is -1.46. The summed E-state index contributed by atoms with van der Waals surface area (Å²) in [5, 5.41) is 2.58. The molecule has 0 saturated carbocycles. The third-order valence-electron chi connectivity index (χ3n) is 7.46. The molecule has 0 spiro atoms. The van der Waals surface area contributed by atoms with E-state index in [0.29, 0.717) is 24.0 Å². The Morgan fingerprint density at radius 1 is 0.844 bits per heavy atom. The molecule has 14 heteroatoms. The SMILES string of the molecule is CCCCCCCCS(=O)(=O)N1CCN(C(=O)/C=C/c2ccc(C(F)(F)F)cc2)CC1C(=O)NCc1ccc(C(F)(F)F)cc1. The summed E-state index contributed by atoms with van der Waals surface area (Å²) in [5.41, 5.74) is -0.992. The minimum atomic E-state index is -4.52. The number of nitrogens with one attached hydrogen (secondary N) is 1. The molecule has 1 unspecified atom stereocenters. The fourth-order valence-electron chi connectivity index (χ4n) is 4.87. The van der Waals surface area contributed by atoms with E-state index in [1.807, 2.05) is 0 Å². The van der Waals surface area contributed by atoms with Crippen LogP contribution in [0.5, 0.6) is 0 Å². The molecule has 0 radical (unpaired) electrons. The number of carbonyl (C=O) groups excluding carboxylic acids is 2. The average Bonchev–Trinajstić information content (AvgIpc) is 2.99. The van der Waals surface area contributed by atoms with Crippen LogP contribution in [-0.2, 0) is 38.5 Å². The van der Waals surface area contributed by atoms with E-state index < -0.39 is 51.4 Å². The summed E-state index contributed by atoms with van der Waals surface area (Å²) in [4.78, 5) is 27.6. The molecule has 2 amide bonds. The van der Waals surface area contributed by atoms with Gasteiger partial charge in [-0.1, -0.05) is 63.3 Å². The Balaban J connectivity index is 1.72. The molecule has 2 aromatic carbocycles. The summed E-state index contributed by atoms with van der Waals surface area (Å²) in [6, 6.07) is 7.06. The first-order valence-electron chi connectivity index (χ1n) is 14.7. The van der Waals surface area contributed by atoms with E-state index in [2.05, 4.69) is 12.2 Å². The van der Waals surface area contributed by atoms with Crippen LogP contribution in [0.2, 0.25) is 0 Å². The van der Waals surface area contributed by atoms with Gasteiger partial charge in [-0.25, -0.2) is 8.42 Å². The van der Waals surface area contributed by atoms with Gasteiger partial charge >= 0.3 is 12.4 Å². The van der Waals surface area contributed by atoms with Crippen LogP contribution in [-0.4, -0.2) is 60.9 Å². The number of alkyl halides is 6. The zero-order valence-corrected chi connectivity index (χ0v) is 25.6. The number of carbonyl (C=O) groups is 2. The van der Waals surface area contributed by atoms with Crippen LogP contribution < -0.4 is 5.32 Å². The van der Waals surface area contributed by atoms with Crippen molar-refractivity contribution in [3.63, 3.8) is 0 Å². The minimum absolute atomic E-state index is 0.0192. The van der Waals surface area contributed by atoms with Gasteiger partial charge in [0.1, 0.15) is 6.04 Å². The topological polar surface area (TPSA) is 86.8 Å². The van der Waals surface area contributed by atoms with Gasteiger partial charge in [0, 0.05) is 32.3 Å². The summed E-state index contributed by atoms with van der Waals surface area (Å²) in [6.07, 6.45) is -1.48. The zero-order chi connectivity index (χ0) is 33.3. The predicted molar refractivity (Wildman–Crippen MR) is 158 cm³/mol. The number of amides is 2. The van der Waals surface area contributed by atoms with Crippen LogP contribution in [0.25, 0.3) is 6.08 Å². The van der Waals surface area contributed by atoms with E-state index in [1.165, 1.54) is 35.2 Å². The number of hydrogen-bond acceptors (Lipinski definition) is 4. The van der Waals surface area contributed by atoms with Crippen LogP contribution in [0.4, 0.5) is 26.3 Å². The van der Waals surface area contributed by atoms with Crippen molar-refractivity contribution in [2.45, 2.75) is 70.4 Å². The second-order valence-electron chi connectivity index (χ2n) is 10.9. The van der Waals surface area contributed by atoms with Gasteiger partial charge in [-0.15, -0.1) is 0 Å². The highest BCUT2D eigenvalue weighted by Gasteiger charge is 2.40. The minimum Gasteiger partial charge on any atom is -0.351 e. The smallest absolute Gasteiger partial charge is 0.351 e. The van der Waals surface area contributed by atoms with Crippen molar-refractivity contribution in [2.75, 3.05) is 25.4 Å². The standard InChI is InChI=1S/C31H37F6N3O4S/c1-2-3-4-5-6-7-20-45(43,44)40-19-18-39(28(41)17-12-23-8-13-25(14-9-23)30(32,33)34)22-27(40)29(42)38-21-24-10-15-26(16-11-24)31(35,36)37/h8-17,27H,2-7,18-22H2,1H3,(H,38,42)/b17-12+. The number of benzene rings is 2. The summed E-state index contributed by atoms with van der Waals surface area (Å²) in [6.45, 7) is 1.44. The molecule has 1 aliphatic rings.